The summed E-state index contributed by atoms with van der Waals surface area (Å²) in [6.07, 6.45) is 4.83. The molecule has 1 aromatic heterocycles. The van der Waals surface area contributed by atoms with E-state index in [-0.39, 0.29) is 0 Å². The zero-order chi connectivity index (χ0) is 11.1. The van der Waals surface area contributed by atoms with Crippen LogP contribution in [0.2, 0.25) is 0 Å². The highest BCUT2D eigenvalue weighted by molar-refractivity contribution is 9.10. The van der Waals surface area contributed by atoms with Gasteiger partial charge >= 0.3 is 0 Å². The zero-order valence-electron chi connectivity index (χ0n) is 9.19. The monoisotopic (exact) mass is 334 g/mol. The predicted molar refractivity (Wildman–Crippen MR) is 69.5 cm³/mol. The van der Waals surface area contributed by atoms with Crippen LogP contribution in [0.3, 0.4) is 0 Å². The van der Waals surface area contributed by atoms with Crippen molar-refractivity contribution in [3.63, 3.8) is 0 Å². The van der Waals surface area contributed by atoms with E-state index in [0.29, 0.717) is 5.41 Å². The van der Waals surface area contributed by atoms with Crippen LogP contribution in [-0.2, 0) is 19.9 Å². The van der Waals surface area contributed by atoms with E-state index in [1.165, 1.54) is 28.7 Å². The molecule has 1 aliphatic carbocycles. The molecule has 2 nitrogen and oxygen atoms in total. The number of hydrogen-bond donors (Lipinski definition) is 0. The molecule has 0 bridgehead atoms. The first-order chi connectivity index (χ1) is 7.12. The van der Waals surface area contributed by atoms with Crippen molar-refractivity contribution >= 4 is 31.9 Å². The van der Waals surface area contributed by atoms with Crippen LogP contribution in [0, 0.1) is 5.41 Å². The molecule has 1 aliphatic rings. The van der Waals surface area contributed by atoms with Crippen molar-refractivity contribution in [2.45, 2.75) is 32.6 Å². The number of halogens is 2. The fourth-order valence-electron chi connectivity index (χ4n) is 1.90. The van der Waals surface area contributed by atoms with E-state index < -0.39 is 0 Å². The maximum absolute atomic E-state index is 4.53. The summed E-state index contributed by atoms with van der Waals surface area (Å²) in [6, 6.07) is 0. The van der Waals surface area contributed by atoms with Gasteiger partial charge < -0.3 is 0 Å². The normalized spacial score (nSPS) is 18.1. The highest BCUT2D eigenvalue weighted by atomic mass is 79.9. The van der Waals surface area contributed by atoms with Gasteiger partial charge in [-0.1, -0.05) is 22.9 Å². The second-order valence-electron chi connectivity index (χ2n) is 4.49. The van der Waals surface area contributed by atoms with Crippen LogP contribution < -0.4 is 0 Å². The van der Waals surface area contributed by atoms with Crippen LogP contribution in [0.15, 0.2) is 4.47 Å². The van der Waals surface area contributed by atoms with Crippen molar-refractivity contribution in [2.75, 3.05) is 5.33 Å². The van der Waals surface area contributed by atoms with Gasteiger partial charge in [0, 0.05) is 12.4 Å². The fourth-order valence-corrected chi connectivity index (χ4v) is 3.42. The molecule has 84 valence electrons. The molecule has 0 amide bonds. The van der Waals surface area contributed by atoms with Crippen molar-refractivity contribution in [3.05, 3.63) is 15.9 Å². The summed E-state index contributed by atoms with van der Waals surface area (Å²) in [5.41, 5.74) is 3.04. The van der Waals surface area contributed by atoms with E-state index in [0.717, 1.165) is 18.2 Å². The Kier molecular flexibility index (Phi) is 3.27. The number of nitrogens with zero attached hydrogens (tertiary/aromatic N) is 2. The van der Waals surface area contributed by atoms with Crippen LogP contribution in [0.25, 0.3) is 0 Å². The van der Waals surface area contributed by atoms with E-state index in [1.54, 1.807) is 0 Å². The maximum atomic E-state index is 4.53. The molecule has 1 saturated carbocycles. The minimum absolute atomic E-state index is 0.515. The Morgan fingerprint density at radius 3 is 2.53 bits per heavy atom. The van der Waals surface area contributed by atoms with Crippen molar-refractivity contribution in [2.24, 2.45) is 12.5 Å². The Balaban J connectivity index is 2.24. The number of aromatic nitrogens is 2. The summed E-state index contributed by atoms with van der Waals surface area (Å²) in [4.78, 5) is 0. The second kappa shape index (κ2) is 4.21. The van der Waals surface area contributed by atoms with E-state index >= 15 is 0 Å². The fraction of sp³-hybridized carbons (Fsp3) is 0.727. The number of alkyl halides is 1. The molecule has 1 aromatic rings. The van der Waals surface area contributed by atoms with Gasteiger partial charge in [-0.3, -0.25) is 4.68 Å². The Morgan fingerprint density at radius 2 is 2.13 bits per heavy atom. The molecule has 0 atom stereocenters. The molecule has 1 fully saturated rings. The molecule has 15 heavy (non-hydrogen) atoms. The number of rotatable bonds is 4. The Hall–Kier alpha value is 0.170. The summed E-state index contributed by atoms with van der Waals surface area (Å²) in [5, 5.41) is 5.64. The number of hydrogen-bond acceptors (Lipinski definition) is 1. The Labute approximate surface area is 108 Å². The quantitative estimate of drug-likeness (QED) is 0.770. The van der Waals surface area contributed by atoms with E-state index in [2.05, 4.69) is 43.9 Å². The van der Waals surface area contributed by atoms with Crippen molar-refractivity contribution in [1.29, 1.82) is 0 Å². The molecule has 2 rings (SSSR count). The lowest BCUT2D eigenvalue weighted by atomic mass is 10.0. The van der Waals surface area contributed by atoms with Gasteiger partial charge in [-0.15, -0.1) is 0 Å². The van der Waals surface area contributed by atoms with Crippen LogP contribution in [-0.4, -0.2) is 15.1 Å². The van der Waals surface area contributed by atoms with Gasteiger partial charge in [0.25, 0.3) is 0 Å². The molecule has 0 N–H and O–H groups in total. The van der Waals surface area contributed by atoms with Crippen LogP contribution >= 0.6 is 31.9 Å². The summed E-state index contributed by atoms with van der Waals surface area (Å²) >= 11 is 7.29. The summed E-state index contributed by atoms with van der Waals surface area (Å²) in [7, 11) is 2.05. The molecular weight excluding hydrogens is 320 g/mol. The average Bonchev–Trinajstić information content (AvgIpc) is 2.96. The first-order valence-electron chi connectivity index (χ1n) is 5.38. The lowest BCUT2D eigenvalue weighted by Crippen LogP contribution is -2.10. The highest BCUT2D eigenvalue weighted by Crippen LogP contribution is 2.50. The van der Waals surface area contributed by atoms with Crippen molar-refractivity contribution < 1.29 is 0 Å². The average molecular weight is 336 g/mol. The van der Waals surface area contributed by atoms with E-state index in [4.69, 9.17) is 0 Å². The minimum Gasteiger partial charge on any atom is -0.271 e. The third-order valence-corrected chi connectivity index (χ3v) is 5.39. The molecule has 0 radical (unpaired) electrons. The Morgan fingerprint density at radius 1 is 1.47 bits per heavy atom. The second-order valence-corrected chi connectivity index (χ2v) is 5.85. The van der Waals surface area contributed by atoms with Gasteiger partial charge in [0.05, 0.1) is 15.9 Å². The maximum Gasteiger partial charge on any atom is 0.0766 e. The third kappa shape index (κ3) is 2.16. The highest BCUT2D eigenvalue weighted by Gasteiger charge is 2.42. The lowest BCUT2D eigenvalue weighted by molar-refractivity contribution is 0.547. The molecule has 0 spiro atoms. The van der Waals surface area contributed by atoms with Gasteiger partial charge in [-0.2, -0.15) is 5.10 Å². The first-order valence-corrected chi connectivity index (χ1v) is 7.29. The summed E-state index contributed by atoms with van der Waals surface area (Å²) < 4.78 is 3.26. The van der Waals surface area contributed by atoms with Crippen LogP contribution in [0.1, 0.15) is 31.2 Å². The van der Waals surface area contributed by atoms with Gasteiger partial charge in [0.2, 0.25) is 0 Å². The van der Waals surface area contributed by atoms with Crippen LogP contribution in [0.4, 0.5) is 0 Å². The largest absolute Gasteiger partial charge is 0.271 e. The van der Waals surface area contributed by atoms with Gasteiger partial charge in [0.1, 0.15) is 0 Å². The van der Waals surface area contributed by atoms with E-state index in [9.17, 15) is 0 Å². The molecule has 0 saturated heterocycles. The third-order valence-electron chi connectivity index (χ3n) is 3.29. The minimum atomic E-state index is 0.515. The molecule has 0 unspecified atom stereocenters. The molecule has 1 heterocycles. The van der Waals surface area contributed by atoms with Gasteiger partial charge in [-0.05, 0) is 47.0 Å². The summed E-state index contributed by atoms with van der Waals surface area (Å²) in [6.45, 7) is 2.15. The zero-order valence-corrected chi connectivity index (χ0v) is 12.4. The standard InChI is InChI=1S/C11H16Br2N2/c1-3-8-10(13)9(15(2)14-8)6-11(7-12)4-5-11/h3-7H2,1-2H3. The lowest BCUT2D eigenvalue weighted by Gasteiger charge is -2.11. The topological polar surface area (TPSA) is 17.8 Å². The van der Waals surface area contributed by atoms with Gasteiger partial charge in [0.15, 0.2) is 0 Å². The first kappa shape index (κ1) is 11.6. The van der Waals surface area contributed by atoms with Crippen molar-refractivity contribution in [1.82, 2.24) is 9.78 Å². The van der Waals surface area contributed by atoms with Crippen molar-refractivity contribution in [3.8, 4) is 0 Å². The SMILES string of the molecule is CCc1nn(C)c(CC2(CBr)CC2)c1Br. The smallest absolute Gasteiger partial charge is 0.0766 e. The molecule has 0 aromatic carbocycles. The molecule has 4 heteroatoms. The predicted octanol–water partition coefficient (Wildman–Crippen LogP) is 3.46. The summed E-state index contributed by atoms with van der Waals surface area (Å²) in [5.74, 6) is 0. The molecule has 0 aliphatic heterocycles. The molecular formula is C11H16Br2N2. The van der Waals surface area contributed by atoms with E-state index in [1.807, 2.05) is 11.7 Å². The number of aryl methyl sites for hydroxylation is 2. The van der Waals surface area contributed by atoms with Gasteiger partial charge in [-0.25, -0.2) is 0 Å². The Bertz CT molecular complexity index is 367. The van der Waals surface area contributed by atoms with Crippen LogP contribution in [0.5, 0.6) is 0 Å².